The number of nitrogens with one attached hydrogen (secondary N) is 2. The van der Waals surface area contributed by atoms with Crippen molar-refractivity contribution in [3.8, 4) is 0 Å². The average molecular weight is 276 g/mol. The quantitative estimate of drug-likeness (QED) is 0.783. The number of hydrogen-bond donors (Lipinski definition) is 2. The van der Waals surface area contributed by atoms with Crippen molar-refractivity contribution in [2.75, 3.05) is 13.6 Å². The molecule has 1 amide bonds. The van der Waals surface area contributed by atoms with Crippen LogP contribution in [0, 0.1) is 12.3 Å². The Hall–Kier alpha value is -1.35. The highest BCUT2D eigenvalue weighted by Gasteiger charge is 2.28. The number of rotatable bonds is 6. The standard InChI is InChI=1S/C17H28N2O/c1-13-9-6-7-10-14(13)16(17(2,3)4)19-15(20)11-8-12-18-5/h6-7,9-10,16,18H,8,11-12H2,1-5H3,(H,19,20). The molecule has 0 fully saturated rings. The number of carbonyl (C=O) groups is 1. The van der Waals surface area contributed by atoms with Crippen LogP contribution >= 0.6 is 0 Å². The fourth-order valence-electron chi connectivity index (χ4n) is 2.33. The van der Waals surface area contributed by atoms with E-state index in [-0.39, 0.29) is 17.4 Å². The molecule has 0 aliphatic heterocycles. The van der Waals surface area contributed by atoms with E-state index in [1.165, 1.54) is 11.1 Å². The summed E-state index contributed by atoms with van der Waals surface area (Å²) in [5, 5.41) is 6.27. The predicted molar refractivity (Wildman–Crippen MR) is 84.7 cm³/mol. The van der Waals surface area contributed by atoms with E-state index >= 15 is 0 Å². The predicted octanol–water partition coefficient (Wildman–Crippen LogP) is 3.20. The zero-order valence-electron chi connectivity index (χ0n) is 13.4. The second kappa shape index (κ2) is 7.44. The van der Waals surface area contributed by atoms with Crippen molar-refractivity contribution in [1.29, 1.82) is 0 Å². The van der Waals surface area contributed by atoms with Crippen LogP contribution in [0.15, 0.2) is 24.3 Å². The lowest BCUT2D eigenvalue weighted by atomic mass is 9.80. The second-order valence-electron chi connectivity index (χ2n) is 6.43. The van der Waals surface area contributed by atoms with Crippen molar-refractivity contribution in [3.05, 3.63) is 35.4 Å². The molecule has 0 radical (unpaired) electrons. The minimum Gasteiger partial charge on any atom is -0.349 e. The highest BCUT2D eigenvalue weighted by Crippen LogP contribution is 2.34. The SMILES string of the molecule is CNCCCC(=O)NC(c1ccccc1C)C(C)(C)C. The third-order valence-corrected chi connectivity index (χ3v) is 3.50. The Balaban J connectivity index is 2.82. The molecular weight excluding hydrogens is 248 g/mol. The lowest BCUT2D eigenvalue weighted by molar-refractivity contribution is -0.122. The third kappa shape index (κ3) is 4.97. The number of carbonyl (C=O) groups excluding carboxylic acids is 1. The first-order valence-electron chi connectivity index (χ1n) is 7.35. The summed E-state index contributed by atoms with van der Waals surface area (Å²) < 4.78 is 0. The van der Waals surface area contributed by atoms with E-state index in [0.29, 0.717) is 6.42 Å². The fraction of sp³-hybridized carbons (Fsp3) is 0.588. The Morgan fingerprint density at radius 2 is 1.90 bits per heavy atom. The van der Waals surface area contributed by atoms with Crippen molar-refractivity contribution < 1.29 is 4.79 Å². The molecule has 1 aromatic carbocycles. The Morgan fingerprint density at radius 1 is 1.25 bits per heavy atom. The Kier molecular flexibility index (Phi) is 6.21. The molecule has 0 saturated heterocycles. The van der Waals surface area contributed by atoms with Gasteiger partial charge in [0, 0.05) is 6.42 Å². The fourth-order valence-corrected chi connectivity index (χ4v) is 2.33. The zero-order valence-corrected chi connectivity index (χ0v) is 13.4. The van der Waals surface area contributed by atoms with Crippen LogP contribution in [0.3, 0.4) is 0 Å². The Morgan fingerprint density at radius 3 is 2.45 bits per heavy atom. The van der Waals surface area contributed by atoms with E-state index in [9.17, 15) is 4.79 Å². The molecule has 1 atom stereocenters. The van der Waals surface area contributed by atoms with Crippen molar-refractivity contribution in [2.45, 2.75) is 46.6 Å². The summed E-state index contributed by atoms with van der Waals surface area (Å²) in [5.41, 5.74) is 2.43. The molecule has 112 valence electrons. The number of aryl methyl sites for hydroxylation is 1. The first-order chi connectivity index (χ1) is 9.36. The monoisotopic (exact) mass is 276 g/mol. The molecule has 20 heavy (non-hydrogen) atoms. The number of benzene rings is 1. The highest BCUT2D eigenvalue weighted by molar-refractivity contribution is 5.76. The van der Waals surface area contributed by atoms with Gasteiger partial charge in [-0.1, -0.05) is 45.0 Å². The topological polar surface area (TPSA) is 41.1 Å². The summed E-state index contributed by atoms with van der Waals surface area (Å²) in [6, 6.07) is 8.33. The van der Waals surface area contributed by atoms with Gasteiger partial charge in [0.25, 0.3) is 0 Å². The van der Waals surface area contributed by atoms with Crippen molar-refractivity contribution in [1.82, 2.24) is 10.6 Å². The largest absolute Gasteiger partial charge is 0.349 e. The first kappa shape index (κ1) is 16.7. The van der Waals surface area contributed by atoms with E-state index in [1.807, 2.05) is 19.2 Å². The zero-order chi connectivity index (χ0) is 15.2. The molecular formula is C17H28N2O. The molecule has 0 aliphatic rings. The molecule has 0 aromatic heterocycles. The maximum atomic E-state index is 12.1. The van der Waals surface area contributed by atoms with Gasteiger partial charge in [-0.05, 0) is 43.5 Å². The van der Waals surface area contributed by atoms with Gasteiger partial charge in [-0.15, -0.1) is 0 Å². The van der Waals surface area contributed by atoms with Crippen LogP contribution in [-0.4, -0.2) is 19.5 Å². The Bertz CT molecular complexity index is 435. The molecule has 1 unspecified atom stereocenters. The summed E-state index contributed by atoms with van der Waals surface area (Å²) in [4.78, 5) is 12.1. The van der Waals surface area contributed by atoms with E-state index in [2.05, 4.69) is 50.5 Å². The van der Waals surface area contributed by atoms with E-state index < -0.39 is 0 Å². The van der Waals surface area contributed by atoms with Crippen LogP contribution in [0.2, 0.25) is 0 Å². The van der Waals surface area contributed by atoms with E-state index in [1.54, 1.807) is 0 Å². The van der Waals surface area contributed by atoms with Crippen molar-refractivity contribution in [2.24, 2.45) is 5.41 Å². The maximum absolute atomic E-state index is 12.1. The van der Waals surface area contributed by atoms with Gasteiger partial charge in [-0.3, -0.25) is 4.79 Å². The highest BCUT2D eigenvalue weighted by atomic mass is 16.1. The van der Waals surface area contributed by atoms with Gasteiger partial charge in [0.2, 0.25) is 5.91 Å². The molecule has 3 heteroatoms. The van der Waals surface area contributed by atoms with Gasteiger partial charge < -0.3 is 10.6 Å². The van der Waals surface area contributed by atoms with Gasteiger partial charge in [0.05, 0.1) is 6.04 Å². The first-order valence-corrected chi connectivity index (χ1v) is 7.35. The smallest absolute Gasteiger partial charge is 0.220 e. The molecule has 0 saturated carbocycles. The van der Waals surface area contributed by atoms with Crippen molar-refractivity contribution in [3.63, 3.8) is 0 Å². The van der Waals surface area contributed by atoms with Crippen LogP contribution in [0.5, 0.6) is 0 Å². The molecule has 3 nitrogen and oxygen atoms in total. The molecule has 1 rings (SSSR count). The molecule has 0 spiro atoms. The van der Waals surface area contributed by atoms with E-state index in [0.717, 1.165) is 13.0 Å². The number of amides is 1. The summed E-state index contributed by atoms with van der Waals surface area (Å²) >= 11 is 0. The van der Waals surface area contributed by atoms with Gasteiger partial charge >= 0.3 is 0 Å². The molecule has 2 N–H and O–H groups in total. The molecule has 0 aliphatic carbocycles. The summed E-state index contributed by atoms with van der Waals surface area (Å²) in [6.45, 7) is 9.47. The lowest BCUT2D eigenvalue weighted by Gasteiger charge is -2.33. The average Bonchev–Trinajstić information content (AvgIpc) is 2.36. The second-order valence-corrected chi connectivity index (χ2v) is 6.43. The minimum absolute atomic E-state index is 0.00915. The third-order valence-electron chi connectivity index (χ3n) is 3.50. The Labute approximate surface area is 123 Å². The summed E-state index contributed by atoms with van der Waals surface area (Å²) in [5.74, 6) is 0.128. The van der Waals surface area contributed by atoms with E-state index in [4.69, 9.17) is 0 Å². The summed E-state index contributed by atoms with van der Waals surface area (Å²) in [6.07, 6.45) is 1.44. The maximum Gasteiger partial charge on any atom is 0.220 e. The molecule has 0 heterocycles. The van der Waals surface area contributed by atoms with Gasteiger partial charge in [-0.25, -0.2) is 0 Å². The molecule has 1 aromatic rings. The number of hydrogen-bond acceptors (Lipinski definition) is 2. The van der Waals surface area contributed by atoms with Crippen LogP contribution in [-0.2, 0) is 4.79 Å². The van der Waals surface area contributed by atoms with Gasteiger partial charge in [-0.2, -0.15) is 0 Å². The summed E-state index contributed by atoms with van der Waals surface area (Å²) in [7, 11) is 1.91. The van der Waals surface area contributed by atoms with Crippen molar-refractivity contribution >= 4 is 5.91 Å². The van der Waals surface area contributed by atoms with Crippen LogP contribution in [0.25, 0.3) is 0 Å². The minimum atomic E-state index is -0.00915. The van der Waals surface area contributed by atoms with Crippen LogP contribution in [0.1, 0.15) is 50.8 Å². The van der Waals surface area contributed by atoms with Crippen LogP contribution in [0.4, 0.5) is 0 Å². The lowest BCUT2D eigenvalue weighted by Crippen LogP contribution is -2.37. The molecule has 0 bridgehead atoms. The van der Waals surface area contributed by atoms with Gasteiger partial charge in [0.1, 0.15) is 0 Å². The van der Waals surface area contributed by atoms with Gasteiger partial charge in [0.15, 0.2) is 0 Å². The van der Waals surface area contributed by atoms with Crippen LogP contribution < -0.4 is 10.6 Å². The normalized spacial score (nSPS) is 13.1.